The van der Waals surface area contributed by atoms with Crippen LogP contribution >= 0.6 is 0 Å². The molecule has 0 heterocycles. The molecule has 1 aliphatic carbocycles. The molecular weight excluding hydrogens is 184 g/mol. The third-order valence-electron chi connectivity index (χ3n) is 4.25. The Bertz CT molecular complexity index is 341. The Hall–Kier alpha value is -0.820. The molecule has 15 heavy (non-hydrogen) atoms. The van der Waals surface area contributed by atoms with Gasteiger partial charge >= 0.3 is 0 Å². The summed E-state index contributed by atoms with van der Waals surface area (Å²) in [5.41, 5.74) is 2.83. The fourth-order valence-corrected chi connectivity index (χ4v) is 2.69. The van der Waals surface area contributed by atoms with Crippen molar-refractivity contribution in [1.82, 2.24) is 0 Å². The molecule has 1 unspecified atom stereocenters. The highest BCUT2D eigenvalue weighted by Gasteiger charge is 2.42. The predicted molar refractivity (Wildman–Crippen MR) is 62.9 cm³/mol. The molecule has 1 aromatic carbocycles. The van der Waals surface area contributed by atoms with Gasteiger partial charge in [-0.3, -0.25) is 0 Å². The molecule has 1 saturated carbocycles. The molecule has 3 atom stereocenters. The Morgan fingerprint density at radius 2 is 1.87 bits per heavy atom. The first-order valence-electron chi connectivity index (χ1n) is 5.79. The van der Waals surface area contributed by atoms with Crippen molar-refractivity contribution in [2.24, 2.45) is 5.92 Å². The minimum atomic E-state index is -0.128. The Kier molecular flexibility index (Phi) is 2.59. The van der Waals surface area contributed by atoms with Crippen molar-refractivity contribution in [3.05, 3.63) is 35.4 Å². The van der Waals surface area contributed by atoms with E-state index in [1.165, 1.54) is 11.1 Å². The average molecular weight is 204 g/mol. The van der Waals surface area contributed by atoms with E-state index in [9.17, 15) is 5.11 Å². The first kappa shape index (κ1) is 10.7. The van der Waals surface area contributed by atoms with Crippen molar-refractivity contribution in [1.29, 1.82) is 0 Å². The maximum atomic E-state index is 9.85. The lowest BCUT2D eigenvalue weighted by molar-refractivity contribution is 0.122. The molecule has 1 heteroatoms. The van der Waals surface area contributed by atoms with E-state index >= 15 is 0 Å². The summed E-state index contributed by atoms with van der Waals surface area (Å²) in [5, 5.41) is 9.85. The number of hydrogen-bond acceptors (Lipinski definition) is 1. The molecular formula is C14H20O. The van der Waals surface area contributed by atoms with Gasteiger partial charge in [0, 0.05) is 0 Å². The maximum Gasteiger partial charge on any atom is 0.0574 e. The van der Waals surface area contributed by atoms with E-state index < -0.39 is 0 Å². The Morgan fingerprint density at radius 1 is 1.27 bits per heavy atom. The van der Waals surface area contributed by atoms with Crippen LogP contribution in [0.1, 0.15) is 37.8 Å². The Labute approximate surface area is 92.1 Å². The minimum absolute atomic E-state index is 0.128. The molecule has 2 rings (SSSR count). The standard InChI is InChI=1S/C14H20O/c1-10-4-6-12(7-5-10)14(3)9-8-13(15)11(14)2/h4-7,11,13,15H,8-9H2,1-3H3/t11-,13?,14-/m0/s1. The summed E-state index contributed by atoms with van der Waals surface area (Å²) in [5.74, 6) is 0.361. The van der Waals surface area contributed by atoms with Crippen LogP contribution in [-0.2, 0) is 5.41 Å². The quantitative estimate of drug-likeness (QED) is 0.745. The van der Waals surface area contributed by atoms with E-state index in [0.29, 0.717) is 5.92 Å². The van der Waals surface area contributed by atoms with Gasteiger partial charge in [0.2, 0.25) is 0 Å². The highest BCUT2D eigenvalue weighted by Crippen LogP contribution is 2.45. The summed E-state index contributed by atoms with van der Waals surface area (Å²) in [6.45, 7) is 6.55. The van der Waals surface area contributed by atoms with E-state index in [0.717, 1.165) is 12.8 Å². The van der Waals surface area contributed by atoms with Crippen molar-refractivity contribution in [2.45, 2.75) is 45.1 Å². The lowest BCUT2D eigenvalue weighted by Gasteiger charge is -2.31. The largest absolute Gasteiger partial charge is 0.393 e. The highest BCUT2D eigenvalue weighted by molar-refractivity contribution is 5.30. The van der Waals surface area contributed by atoms with Gasteiger partial charge in [0.1, 0.15) is 0 Å². The SMILES string of the molecule is Cc1ccc([C@@]2(C)CCC(O)[C@@H]2C)cc1. The number of benzene rings is 1. The van der Waals surface area contributed by atoms with Crippen LogP contribution in [0.25, 0.3) is 0 Å². The van der Waals surface area contributed by atoms with E-state index in [-0.39, 0.29) is 11.5 Å². The summed E-state index contributed by atoms with van der Waals surface area (Å²) >= 11 is 0. The average Bonchev–Trinajstić information content (AvgIpc) is 2.48. The monoisotopic (exact) mass is 204 g/mol. The van der Waals surface area contributed by atoms with Crippen LogP contribution in [-0.4, -0.2) is 11.2 Å². The first-order chi connectivity index (χ1) is 7.04. The zero-order valence-corrected chi connectivity index (χ0v) is 9.83. The van der Waals surface area contributed by atoms with Gasteiger partial charge in [0.05, 0.1) is 6.10 Å². The van der Waals surface area contributed by atoms with Crippen LogP contribution in [0.3, 0.4) is 0 Å². The topological polar surface area (TPSA) is 20.2 Å². The zero-order valence-electron chi connectivity index (χ0n) is 9.83. The number of aliphatic hydroxyl groups excluding tert-OH is 1. The van der Waals surface area contributed by atoms with Crippen LogP contribution in [0, 0.1) is 12.8 Å². The molecule has 1 aromatic rings. The summed E-state index contributed by atoms with van der Waals surface area (Å²) < 4.78 is 0. The Morgan fingerprint density at radius 3 is 2.33 bits per heavy atom. The number of hydrogen-bond donors (Lipinski definition) is 1. The third kappa shape index (κ3) is 1.69. The molecule has 1 fully saturated rings. The van der Waals surface area contributed by atoms with Crippen molar-refractivity contribution in [2.75, 3.05) is 0 Å². The smallest absolute Gasteiger partial charge is 0.0574 e. The molecule has 0 aromatic heterocycles. The van der Waals surface area contributed by atoms with Crippen molar-refractivity contribution in [3.63, 3.8) is 0 Å². The van der Waals surface area contributed by atoms with Crippen molar-refractivity contribution >= 4 is 0 Å². The van der Waals surface area contributed by atoms with Gasteiger partial charge in [-0.15, -0.1) is 0 Å². The number of rotatable bonds is 1. The van der Waals surface area contributed by atoms with Gasteiger partial charge in [-0.05, 0) is 36.7 Å². The van der Waals surface area contributed by atoms with Gasteiger partial charge < -0.3 is 5.11 Å². The fourth-order valence-electron chi connectivity index (χ4n) is 2.69. The molecule has 1 N–H and O–H groups in total. The normalized spacial score (nSPS) is 35.7. The lowest BCUT2D eigenvalue weighted by atomic mass is 9.74. The number of aryl methyl sites for hydroxylation is 1. The van der Waals surface area contributed by atoms with Gasteiger partial charge in [-0.2, -0.15) is 0 Å². The molecule has 1 aliphatic rings. The van der Waals surface area contributed by atoms with Gasteiger partial charge in [-0.1, -0.05) is 43.7 Å². The molecule has 0 aliphatic heterocycles. The molecule has 0 saturated heterocycles. The first-order valence-corrected chi connectivity index (χ1v) is 5.79. The van der Waals surface area contributed by atoms with E-state index in [1.807, 2.05) is 0 Å². The molecule has 0 radical (unpaired) electrons. The van der Waals surface area contributed by atoms with Crippen LogP contribution in [0.2, 0.25) is 0 Å². The lowest BCUT2D eigenvalue weighted by Crippen LogP contribution is -2.29. The molecule has 82 valence electrons. The van der Waals surface area contributed by atoms with Crippen molar-refractivity contribution in [3.8, 4) is 0 Å². The predicted octanol–water partition coefficient (Wildman–Crippen LogP) is 3.04. The van der Waals surface area contributed by atoms with E-state index in [1.54, 1.807) is 0 Å². The molecule has 1 nitrogen and oxygen atoms in total. The summed E-state index contributed by atoms with van der Waals surface area (Å²) in [7, 11) is 0. The van der Waals surface area contributed by atoms with Crippen LogP contribution in [0.4, 0.5) is 0 Å². The summed E-state index contributed by atoms with van der Waals surface area (Å²) in [4.78, 5) is 0. The van der Waals surface area contributed by atoms with Gasteiger partial charge in [0.25, 0.3) is 0 Å². The maximum absolute atomic E-state index is 9.85. The third-order valence-corrected chi connectivity index (χ3v) is 4.25. The summed E-state index contributed by atoms with van der Waals surface area (Å²) in [6.07, 6.45) is 1.90. The van der Waals surface area contributed by atoms with Gasteiger partial charge in [-0.25, -0.2) is 0 Å². The minimum Gasteiger partial charge on any atom is -0.393 e. The molecule has 0 amide bonds. The fraction of sp³-hybridized carbons (Fsp3) is 0.571. The number of aliphatic hydroxyl groups is 1. The Balaban J connectivity index is 2.33. The second-order valence-electron chi connectivity index (χ2n) is 5.18. The van der Waals surface area contributed by atoms with Crippen LogP contribution < -0.4 is 0 Å². The van der Waals surface area contributed by atoms with Gasteiger partial charge in [0.15, 0.2) is 0 Å². The van der Waals surface area contributed by atoms with Crippen LogP contribution in [0.15, 0.2) is 24.3 Å². The second-order valence-corrected chi connectivity index (χ2v) is 5.18. The molecule has 0 bridgehead atoms. The van der Waals surface area contributed by atoms with E-state index in [2.05, 4.69) is 45.0 Å². The van der Waals surface area contributed by atoms with E-state index in [4.69, 9.17) is 0 Å². The second kappa shape index (κ2) is 3.64. The highest BCUT2D eigenvalue weighted by atomic mass is 16.3. The molecule has 0 spiro atoms. The van der Waals surface area contributed by atoms with Crippen molar-refractivity contribution < 1.29 is 5.11 Å². The summed E-state index contributed by atoms with van der Waals surface area (Å²) in [6, 6.07) is 8.75. The van der Waals surface area contributed by atoms with Crippen LogP contribution in [0.5, 0.6) is 0 Å². The zero-order chi connectivity index (χ0) is 11.1.